The molecule has 0 radical (unpaired) electrons. The van der Waals surface area contributed by atoms with Crippen LogP contribution >= 0.6 is 0 Å². The lowest BCUT2D eigenvalue weighted by molar-refractivity contribution is 0.408. The lowest BCUT2D eigenvalue weighted by Crippen LogP contribution is -2.42. The average molecular weight is 218 g/mol. The van der Waals surface area contributed by atoms with Crippen LogP contribution in [0.5, 0.6) is 0 Å². The van der Waals surface area contributed by atoms with Gasteiger partial charge in [0.05, 0.1) is 11.4 Å². The summed E-state index contributed by atoms with van der Waals surface area (Å²) in [4.78, 5) is 4.85. The zero-order valence-electron chi connectivity index (χ0n) is 10.8. The van der Waals surface area contributed by atoms with E-state index >= 15 is 0 Å². The van der Waals surface area contributed by atoms with Gasteiger partial charge in [0.1, 0.15) is 0 Å². The van der Waals surface area contributed by atoms with E-state index in [9.17, 15) is 0 Å². The van der Waals surface area contributed by atoms with Gasteiger partial charge in [-0.25, -0.2) is 0 Å². The van der Waals surface area contributed by atoms with Crippen LogP contribution in [0.3, 0.4) is 0 Å². The van der Waals surface area contributed by atoms with Crippen molar-refractivity contribution in [2.45, 2.75) is 20.8 Å². The van der Waals surface area contributed by atoms with Crippen LogP contribution in [0.25, 0.3) is 0 Å². The number of anilines is 2. The van der Waals surface area contributed by atoms with Gasteiger partial charge in [0.15, 0.2) is 0 Å². The summed E-state index contributed by atoms with van der Waals surface area (Å²) in [5.41, 5.74) is 3.09. The maximum Gasteiger partial charge on any atom is 0.0604 e. The van der Waals surface area contributed by atoms with E-state index in [2.05, 4.69) is 61.9 Å². The van der Waals surface area contributed by atoms with E-state index < -0.39 is 0 Å². The fraction of sp³-hybridized carbons (Fsp3) is 0.571. The number of hydrogen-bond acceptors (Lipinski definition) is 2. The van der Waals surface area contributed by atoms with Crippen molar-refractivity contribution in [2.24, 2.45) is 5.41 Å². The van der Waals surface area contributed by atoms with E-state index in [1.807, 2.05) is 0 Å². The number of hydrogen-bond donors (Lipinski definition) is 0. The molecule has 2 heteroatoms. The highest BCUT2D eigenvalue weighted by Crippen LogP contribution is 2.33. The molecule has 0 aliphatic carbocycles. The minimum Gasteiger partial charge on any atom is -0.371 e. The molecule has 2 rings (SSSR count). The Morgan fingerprint density at radius 1 is 1.06 bits per heavy atom. The summed E-state index contributed by atoms with van der Waals surface area (Å²) >= 11 is 0. The van der Waals surface area contributed by atoms with Crippen molar-refractivity contribution in [3.8, 4) is 0 Å². The molecule has 1 aromatic carbocycles. The fourth-order valence-corrected chi connectivity index (χ4v) is 2.30. The van der Waals surface area contributed by atoms with Crippen molar-refractivity contribution in [1.29, 1.82) is 0 Å². The summed E-state index contributed by atoms with van der Waals surface area (Å²) in [6.45, 7) is 10.3. The van der Waals surface area contributed by atoms with E-state index in [4.69, 9.17) is 0 Å². The van der Waals surface area contributed by atoms with Gasteiger partial charge in [0.25, 0.3) is 0 Å². The van der Waals surface area contributed by atoms with E-state index in [-0.39, 0.29) is 0 Å². The molecule has 1 aliphatic rings. The van der Waals surface area contributed by atoms with Crippen molar-refractivity contribution < 1.29 is 0 Å². The molecule has 0 aromatic heterocycles. The monoisotopic (exact) mass is 218 g/mol. The molecule has 0 N–H and O–H groups in total. The van der Waals surface area contributed by atoms with E-state index in [0.29, 0.717) is 5.41 Å². The van der Waals surface area contributed by atoms with Crippen molar-refractivity contribution in [2.75, 3.05) is 36.5 Å². The third kappa shape index (κ3) is 2.31. The molecule has 2 nitrogen and oxygen atoms in total. The lowest BCUT2D eigenvalue weighted by Gasteiger charge is -2.40. The topological polar surface area (TPSA) is 6.48 Å². The molecule has 1 aliphatic heterocycles. The first-order valence-corrected chi connectivity index (χ1v) is 6.02. The van der Waals surface area contributed by atoms with Crippen LogP contribution in [0, 0.1) is 5.41 Å². The number of likely N-dealkylation sites (N-methyl/N-ethyl adjacent to an activating group) is 1. The number of para-hydroxylation sites is 2. The molecule has 0 saturated heterocycles. The molecule has 1 heterocycles. The summed E-state index contributed by atoms with van der Waals surface area (Å²) in [6.07, 6.45) is 0. The average Bonchev–Trinajstić information content (AvgIpc) is 2.21. The van der Waals surface area contributed by atoms with Crippen LogP contribution in [-0.4, -0.2) is 26.7 Å². The molecule has 0 bridgehead atoms. The third-order valence-electron chi connectivity index (χ3n) is 3.00. The van der Waals surface area contributed by atoms with Crippen LogP contribution in [0.4, 0.5) is 11.4 Å². The molecule has 0 fully saturated rings. The van der Waals surface area contributed by atoms with Gasteiger partial charge in [-0.05, 0) is 17.5 Å². The van der Waals surface area contributed by atoms with E-state index in [1.165, 1.54) is 11.4 Å². The Labute approximate surface area is 98.9 Å². The highest BCUT2D eigenvalue weighted by molar-refractivity contribution is 5.73. The normalized spacial score (nSPS) is 16.2. The van der Waals surface area contributed by atoms with Gasteiger partial charge >= 0.3 is 0 Å². The van der Waals surface area contributed by atoms with Gasteiger partial charge in [0.2, 0.25) is 0 Å². The number of nitrogens with zero attached hydrogens (tertiary/aromatic N) is 2. The van der Waals surface area contributed by atoms with Crippen LogP contribution in [0.15, 0.2) is 24.3 Å². The maximum atomic E-state index is 2.51. The maximum absolute atomic E-state index is 2.51. The smallest absolute Gasteiger partial charge is 0.0604 e. The number of benzene rings is 1. The molecule has 16 heavy (non-hydrogen) atoms. The van der Waals surface area contributed by atoms with Crippen molar-refractivity contribution in [1.82, 2.24) is 0 Å². The van der Waals surface area contributed by atoms with Crippen molar-refractivity contribution >= 4 is 11.4 Å². The Balaban J connectivity index is 2.28. The van der Waals surface area contributed by atoms with Crippen molar-refractivity contribution in [3.05, 3.63) is 24.3 Å². The Bertz CT molecular complexity index is 365. The first-order valence-electron chi connectivity index (χ1n) is 6.02. The van der Waals surface area contributed by atoms with Crippen LogP contribution in [-0.2, 0) is 0 Å². The molecule has 0 unspecified atom stereocenters. The first kappa shape index (κ1) is 11.3. The SMILES string of the molecule is CN1CCN(CC(C)(C)C)c2ccccc21. The largest absolute Gasteiger partial charge is 0.371 e. The van der Waals surface area contributed by atoms with Gasteiger partial charge < -0.3 is 9.80 Å². The second-order valence-electron chi connectivity index (χ2n) is 5.89. The van der Waals surface area contributed by atoms with Crippen molar-refractivity contribution in [3.63, 3.8) is 0 Å². The van der Waals surface area contributed by atoms with Crippen LogP contribution in [0.1, 0.15) is 20.8 Å². The van der Waals surface area contributed by atoms with E-state index in [1.54, 1.807) is 0 Å². The van der Waals surface area contributed by atoms with Gasteiger partial charge in [-0.15, -0.1) is 0 Å². The quantitative estimate of drug-likeness (QED) is 0.715. The second kappa shape index (κ2) is 4.00. The van der Waals surface area contributed by atoms with Gasteiger partial charge in [-0.1, -0.05) is 32.9 Å². The van der Waals surface area contributed by atoms with Crippen LogP contribution in [0.2, 0.25) is 0 Å². The Morgan fingerprint density at radius 3 is 2.31 bits per heavy atom. The molecule has 0 saturated carbocycles. The molecule has 1 aromatic rings. The van der Waals surface area contributed by atoms with Gasteiger partial charge in [-0.3, -0.25) is 0 Å². The summed E-state index contributed by atoms with van der Waals surface area (Å²) in [7, 11) is 2.17. The minimum atomic E-state index is 0.350. The highest BCUT2D eigenvalue weighted by Gasteiger charge is 2.23. The standard InChI is InChI=1S/C14H22N2/c1-14(2,3)11-16-10-9-15(4)12-7-5-6-8-13(12)16/h5-8H,9-11H2,1-4H3. The summed E-state index contributed by atoms with van der Waals surface area (Å²) in [6, 6.07) is 8.70. The fourth-order valence-electron chi connectivity index (χ4n) is 2.30. The number of fused-ring (bicyclic) bond motifs is 1. The molecule has 0 spiro atoms. The Hall–Kier alpha value is -1.18. The van der Waals surface area contributed by atoms with Gasteiger partial charge in [-0.2, -0.15) is 0 Å². The zero-order valence-corrected chi connectivity index (χ0v) is 10.8. The van der Waals surface area contributed by atoms with Gasteiger partial charge in [0, 0.05) is 26.7 Å². The zero-order chi connectivity index (χ0) is 11.8. The predicted molar refractivity (Wildman–Crippen MR) is 71.4 cm³/mol. The lowest BCUT2D eigenvalue weighted by atomic mass is 9.95. The molecule has 88 valence electrons. The minimum absolute atomic E-state index is 0.350. The van der Waals surface area contributed by atoms with Crippen LogP contribution < -0.4 is 9.80 Å². The number of rotatable bonds is 1. The molecule has 0 amide bonds. The molecular formula is C14H22N2. The second-order valence-corrected chi connectivity index (χ2v) is 5.89. The Kier molecular flexibility index (Phi) is 2.83. The molecular weight excluding hydrogens is 196 g/mol. The molecule has 0 atom stereocenters. The highest BCUT2D eigenvalue weighted by atomic mass is 15.3. The first-order chi connectivity index (χ1) is 7.47. The Morgan fingerprint density at radius 2 is 1.69 bits per heavy atom. The summed E-state index contributed by atoms with van der Waals surface area (Å²) in [5, 5.41) is 0. The summed E-state index contributed by atoms with van der Waals surface area (Å²) < 4.78 is 0. The third-order valence-corrected chi connectivity index (χ3v) is 3.00. The predicted octanol–water partition coefficient (Wildman–Crippen LogP) is 2.99. The summed E-state index contributed by atoms with van der Waals surface area (Å²) in [5.74, 6) is 0. The van der Waals surface area contributed by atoms with E-state index in [0.717, 1.165) is 19.6 Å².